The zero-order valence-corrected chi connectivity index (χ0v) is 21.7. The lowest BCUT2D eigenvalue weighted by Gasteiger charge is -2.06. The van der Waals surface area contributed by atoms with Gasteiger partial charge >= 0.3 is 0 Å². The first-order chi connectivity index (χ1) is 14.8. The molecule has 180 valence electrons. The molecule has 0 saturated heterocycles. The van der Waals surface area contributed by atoms with Gasteiger partial charge in [0.25, 0.3) is 0 Å². The molecule has 0 N–H and O–H groups in total. The molecule has 0 nitrogen and oxygen atoms in total. The van der Waals surface area contributed by atoms with E-state index in [-0.39, 0.29) is 0 Å². The van der Waals surface area contributed by atoms with Crippen LogP contribution in [0.25, 0.3) is 0 Å². The normalized spacial score (nSPS) is 12.8. The second-order valence-electron chi connectivity index (χ2n) is 10.1. The van der Waals surface area contributed by atoms with E-state index in [4.69, 9.17) is 0 Å². The highest BCUT2D eigenvalue weighted by Crippen LogP contribution is 2.15. The van der Waals surface area contributed by atoms with Crippen molar-refractivity contribution < 1.29 is 0 Å². The fourth-order valence-electron chi connectivity index (χ4n) is 4.46. The molecule has 30 heavy (non-hydrogen) atoms. The van der Waals surface area contributed by atoms with Gasteiger partial charge in [0.1, 0.15) is 0 Å². The standard InChI is InChI=1S/C30H60/c1-4-6-8-9-10-11-12-13-14-15-16-17-18-19-20-21-22-23-24-25-26-27-29-30(3)28-7-5-2/h26-27,30H,4-25,28-29H2,1-3H3/t30-/m0/s1. The SMILES string of the molecule is CCCCCCCCCCCCCCCCCCCCCC=CC[C@@H](C)CCCC. The average Bonchev–Trinajstić information content (AvgIpc) is 2.75. The smallest absolute Gasteiger partial charge is 0.0325 e. The molecule has 0 heteroatoms. The lowest BCUT2D eigenvalue weighted by atomic mass is 10.0. The van der Waals surface area contributed by atoms with Gasteiger partial charge in [-0.25, -0.2) is 0 Å². The van der Waals surface area contributed by atoms with E-state index in [9.17, 15) is 0 Å². The van der Waals surface area contributed by atoms with Crippen molar-refractivity contribution >= 4 is 0 Å². The van der Waals surface area contributed by atoms with Gasteiger partial charge in [0.2, 0.25) is 0 Å². The van der Waals surface area contributed by atoms with Gasteiger partial charge in [0, 0.05) is 0 Å². The van der Waals surface area contributed by atoms with Gasteiger partial charge in [-0.2, -0.15) is 0 Å². The summed E-state index contributed by atoms with van der Waals surface area (Å²) in [4.78, 5) is 0. The summed E-state index contributed by atoms with van der Waals surface area (Å²) in [6.45, 7) is 7.00. The third-order valence-corrected chi connectivity index (χ3v) is 6.73. The maximum Gasteiger partial charge on any atom is -0.0325 e. The summed E-state index contributed by atoms with van der Waals surface area (Å²) < 4.78 is 0. The highest BCUT2D eigenvalue weighted by Gasteiger charge is 1.98. The molecule has 0 aromatic heterocycles. The predicted molar refractivity (Wildman–Crippen MR) is 140 cm³/mol. The molecule has 0 aliphatic carbocycles. The summed E-state index contributed by atoms with van der Waals surface area (Å²) in [6, 6.07) is 0. The Morgan fingerprint density at radius 2 is 0.800 bits per heavy atom. The molecule has 0 saturated carbocycles. The summed E-state index contributed by atoms with van der Waals surface area (Å²) in [5, 5.41) is 0. The molecule has 0 rings (SSSR count). The summed E-state index contributed by atoms with van der Waals surface area (Å²) >= 11 is 0. The molecule has 0 aliphatic heterocycles. The Morgan fingerprint density at radius 1 is 0.433 bits per heavy atom. The van der Waals surface area contributed by atoms with E-state index >= 15 is 0 Å². The van der Waals surface area contributed by atoms with Crippen molar-refractivity contribution in [3.63, 3.8) is 0 Å². The third-order valence-electron chi connectivity index (χ3n) is 6.73. The predicted octanol–water partition coefficient (Wildman–Crippen LogP) is 11.6. The zero-order valence-electron chi connectivity index (χ0n) is 21.7. The minimum absolute atomic E-state index is 0.881. The molecule has 0 amide bonds. The maximum absolute atomic E-state index is 2.44. The molecule has 0 spiro atoms. The Balaban J connectivity index is 3.09. The Hall–Kier alpha value is -0.260. The first-order valence-electron chi connectivity index (χ1n) is 14.5. The number of rotatable bonds is 25. The number of hydrogen-bond donors (Lipinski definition) is 0. The van der Waals surface area contributed by atoms with E-state index in [0.717, 1.165) is 5.92 Å². The molecular weight excluding hydrogens is 360 g/mol. The summed E-state index contributed by atoms with van der Waals surface area (Å²) in [6.07, 6.45) is 39.5. The topological polar surface area (TPSA) is 0 Å². The first-order valence-corrected chi connectivity index (χ1v) is 14.5. The van der Waals surface area contributed by atoms with Crippen molar-refractivity contribution in [1.29, 1.82) is 0 Å². The molecule has 0 aromatic rings. The van der Waals surface area contributed by atoms with E-state index in [2.05, 4.69) is 32.9 Å². The Bertz CT molecular complexity index is 316. The van der Waals surface area contributed by atoms with Crippen molar-refractivity contribution in [3.05, 3.63) is 12.2 Å². The van der Waals surface area contributed by atoms with Crippen LogP contribution in [0, 0.1) is 5.92 Å². The molecule has 0 heterocycles. The summed E-state index contributed by atoms with van der Waals surface area (Å²) in [5.74, 6) is 0.881. The van der Waals surface area contributed by atoms with Crippen LogP contribution in [-0.2, 0) is 0 Å². The number of hydrogen-bond acceptors (Lipinski definition) is 0. The number of unbranched alkanes of at least 4 members (excludes halogenated alkanes) is 20. The van der Waals surface area contributed by atoms with Gasteiger partial charge in [-0.15, -0.1) is 0 Å². The second kappa shape index (κ2) is 26.8. The van der Waals surface area contributed by atoms with Crippen molar-refractivity contribution in [2.24, 2.45) is 5.92 Å². The third kappa shape index (κ3) is 25.8. The van der Waals surface area contributed by atoms with Crippen LogP contribution < -0.4 is 0 Å². The first kappa shape index (κ1) is 29.7. The Kier molecular flexibility index (Phi) is 26.5. The van der Waals surface area contributed by atoms with Crippen LogP contribution in [0.2, 0.25) is 0 Å². The lowest BCUT2D eigenvalue weighted by Crippen LogP contribution is -1.91. The van der Waals surface area contributed by atoms with Crippen LogP contribution in [0.1, 0.15) is 175 Å². The van der Waals surface area contributed by atoms with Gasteiger partial charge in [0.15, 0.2) is 0 Å². The minimum atomic E-state index is 0.881. The zero-order chi connectivity index (χ0) is 22.0. The molecule has 0 aliphatic rings. The van der Waals surface area contributed by atoms with Crippen molar-refractivity contribution in [2.45, 2.75) is 175 Å². The van der Waals surface area contributed by atoms with Crippen molar-refractivity contribution in [2.75, 3.05) is 0 Å². The fraction of sp³-hybridized carbons (Fsp3) is 0.933. The van der Waals surface area contributed by atoms with Gasteiger partial charge < -0.3 is 0 Å². The van der Waals surface area contributed by atoms with E-state index in [0.29, 0.717) is 0 Å². The average molecular weight is 421 g/mol. The molecule has 0 fully saturated rings. The van der Waals surface area contributed by atoms with Crippen LogP contribution >= 0.6 is 0 Å². The van der Waals surface area contributed by atoms with E-state index in [1.54, 1.807) is 0 Å². The van der Waals surface area contributed by atoms with Gasteiger partial charge in [0.05, 0.1) is 0 Å². The van der Waals surface area contributed by atoms with Crippen LogP contribution in [-0.4, -0.2) is 0 Å². The van der Waals surface area contributed by atoms with Crippen LogP contribution in [0.3, 0.4) is 0 Å². The highest BCUT2D eigenvalue weighted by atomic mass is 14.0. The lowest BCUT2D eigenvalue weighted by molar-refractivity contribution is 0.511. The largest absolute Gasteiger partial charge is 0.0885 e. The molecular formula is C30H60. The quantitative estimate of drug-likeness (QED) is 0.102. The van der Waals surface area contributed by atoms with E-state index < -0.39 is 0 Å². The van der Waals surface area contributed by atoms with Gasteiger partial charge in [-0.05, 0) is 25.2 Å². The Labute approximate surface area is 193 Å². The number of allylic oxidation sites excluding steroid dienone is 2. The van der Waals surface area contributed by atoms with Crippen LogP contribution in [0.5, 0.6) is 0 Å². The Morgan fingerprint density at radius 3 is 1.20 bits per heavy atom. The highest BCUT2D eigenvalue weighted by molar-refractivity contribution is 4.83. The molecule has 0 aromatic carbocycles. The van der Waals surface area contributed by atoms with Crippen LogP contribution in [0.4, 0.5) is 0 Å². The van der Waals surface area contributed by atoms with Crippen molar-refractivity contribution in [1.82, 2.24) is 0 Å². The summed E-state index contributed by atoms with van der Waals surface area (Å²) in [5.41, 5.74) is 0. The second-order valence-corrected chi connectivity index (χ2v) is 10.1. The minimum Gasteiger partial charge on any atom is -0.0885 e. The van der Waals surface area contributed by atoms with E-state index in [1.807, 2.05) is 0 Å². The van der Waals surface area contributed by atoms with Crippen molar-refractivity contribution in [3.8, 4) is 0 Å². The van der Waals surface area contributed by atoms with Crippen LogP contribution in [0.15, 0.2) is 12.2 Å². The maximum atomic E-state index is 2.44. The molecule has 0 unspecified atom stereocenters. The molecule has 0 bridgehead atoms. The molecule has 1 atom stereocenters. The molecule has 0 radical (unpaired) electrons. The van der Waals surface area contributed by atoms with E-state index in [1.165, 1.54) is 154 Å². The monoisotopic (exact) mass is 420 g/mol. The van der Waals surface area contributed by atoms with Gasteiger partial charge in [-0.1, -0.05) is 168 Å². The fourth-order valence-corrected chi connectivity index (χ4v) is 4.46. The summed E-state index contributed by atoms with van der Waals surface area (Å²) in [7, 11) is 0. The van der Waals surface area contributed by atoms with Gasteiger partial charge in [-0.3, -0.25) is 0 Å².